The number of imidazole rings is 2. The summed E-state index contributed by atoms with van der Waals surface area (Å²) >= 11 is 0. The number of hydrogen-bond acceptors (Lipinski definition) is 2. The molecule has 2 aromatic heterocycles. The molecule has 12 rings (SSSR count). The van der Waals surface area contributed by atoms with Crippen LogP contribution < -0.4 is 10.4 Å². The molecular weight excluding hydrogens is 1140 g/mol. The van der Waals surface area contributed by atoms with Gasteiger partial charge in [0, 0.05) is 16.9 Å². The fourth-order valence-electron chi connectivity index (χ4n) is 13.1. The molecule has 0 N–H and O–H groups in total. The van der Waals surface area contributed by atoms with E-state index < -0.39 is 0 Å². The molecule has 0 atom stereocenters. The Morgan fingerprint density at radius 1 is 0.543 bits per heavy atom. The highest BCUT2D eigenvalue weighted by atomic mass is 15.1. The molecule has 4 heteroatoms. The van der Waals surface area contributed by atoms with Gasteiger partial charge in [0.15, 0.2) is 0 Å². The van der Waals surface area contributed by atoms with Crippen LogP contribution in [0.1, 0.15) is 131 Å². The molecule has 0 fully saturated rings. The summed E-state index contributed by atoms with van der Waals surface area (Å²) in [5.74, 6) is 1.87. The summed E-state index contributed by atoms with van der Waals surface area (Å²) < 4.78 is 4.63. The van der Waals surface area contributed by atoms with Crippen LogP contribution in [0.5, 0.6) is 0 Å². The Balaban J connectivity index is 1.15. The van der Waals surface area contributed by atoms with E-state index in [9.17, 15) is 0 Å². The molecule has 0 aliphatic heterocycles. The number of fused-ring (bicyclic) bond motifs is 3. The van der Waals surface area contributed by atoms with Crippen molar-refractivity contribution in [2.24, 2.45) is 0 Å². The minimum atomic E-state index is 0.620. The Hall–Kier alpha value is -10.7. The van der Waals surface area contributed by atoms with Crippen molar-refractivity contribution in [1.82, 2.24) is 19.1 Å². The van der Waals surface area contributed by atoms with Crippen LogP contribution in [0.2, 0.25) is 0 Å². The highest BCUT2D eigenvalue weighted by Gasteiger charge is 2.21. The van der Waals surface area contributed by atoms with Crippen molar-refractivity contribution in [2.75, 3.05) is 0 Å². The number of benzene rings is 8. The second-order valence-electron chi connectivity index (χ2n) is 24.5. The van der Waals surface area contributed by atoms with Crippen LogP contribution in [0.3, 0.4) is 0 Å². The van der Waals surface area contributed by atoms with Gasteiger partial charge in [-0.3, -0.25) is 9.13 Å². The van der Waals surface area contributed by atoms with E-state index in [0.29, 0.717) is 12.8 Å². The molecule has 94 heavy (non-hydrogen) atoms. The largest absolute Gasteiger partial charge is 0.293 e. The summed E-state index contributed by atoms with van der Waals surface area (Å²) in [4.78, 5) is 11.0. The highest BCUT2D eigenvalue weighted by Crippen LogP contribution is 2.36. The van der Waals surface area contributed by atoms with E-state index in [1.54, 1.807) is 0 Å². The van der Waals surface area contributed by atoms with Gasteiger partial charge >= 0.3 is 0 Å². The van der Waals surface area contributed by atoms with Crippen LogP contribution in [0.4, 0.5) is 0 Å². The molecule has 10 aromatic rings. The van der Waals surface area contributed by atoms with Crippen molar-refractivity contribution in [3.8, 4) is 22.5 Å². The molecule has 2 aliphatic carbocycles. The van der Waals surface area contributed by atoms with Crippen LogP contribution in [0.25, 0.3) is 89.2 Å². The lowest BCUT2D eigenvalue weighted by atomic mass is 9.87. The molecule has 0 radical (unpaired) electrons. The van der Waals surface area contributed by atoms with E-state index in [1.807, 2.05) is 18.2 Å². The average Bonchev–Trinajstić information content (AvgIpc) is 1.34. The number of nitrogens with zero attached hydrogens (tertiary/aromatic N) is 4. The van der Waals surface area contributed by atoms with E-state index in [2.05, 4.69) is 318 Å². The fraction of sp³-hybridized carbons (Fsp3) is 0.156. The first-order chi connectivity index (χ1) is 46.2. The Morgan fingerprint density at radius 2 is 1.20 bits per heavy atom. The third-order valence-electron chi connectivity index (χ3n) is 18.3. The Kier molecular flexibility index (Phi) is 20.4. The molecule has 0 saturated heterocycles. The molecule has 0 unspecified atom stereocenters. The third kappa shape index (κ3) is 14.2. The second-order valence-corrected chi connectivity index (χ2v) is 24.5. The number of allylic oxidation sites excluding steroid dienone is 21. The van der Waals surface area contributed by atoms with E-state index in [0.717, 1.165) is 149 Å². The Bertz CT molecular complexity index is 4890. The monoisotopic (exact) mass is 1220 g/mol. The first-order valence-corrected chi connectivity index (χ1v) is 33.6. The summed E-state index contributed by atoms with van der Waals surface area (Å²) in [5, 5.41) is 2.33. The summed E-state index contributed by atoms with van der Waals surface area (Å²) in [6.45, 7) is 22.0. The van der Waals surface area contributed by atoms with Crippen molar-refractivity contribution < 1.29 is 0 Å². The fourth-order valence-corrected chi connectivity index (χ4v) is 13.1. The van der Waals surface area contributed by atoms with Gasteiger partial charge in [0.1, 0.15) is 11.6 Å². The zero-order valence-corrected chi connectivity index (χ0v) is 55.0. The first-order valence-electron chi connectivity index (χ1n) is 33.6. The number of hydrogen-bond donors (Lipinski definition) is 0. The summed E-state index contributed by atoms with van der Waals surface area (Å²) in [6, 6.07) is 70.8. The first kappa shape index (κ1) is 63.5. The number of para-hydroxylation sites is 2. The van der Waals surface area contributed by atoms with Gasteiger partial charge in [-0.2, -0.15) is 0 Å². The number of aromatic nitrogens is 4. The van der Waals surface area contributed by atoms with Crippen LogP contribution in [-0.2, 0) is 6.42 Å². The van der Waals surface area contributed by atoms with Crippen LogP contribution in [0, 0.1) is 0 Å². The normalized spacial score (nSPS) is 16.2. The molecule has 464 valence electrons. The Morgan fingerprint density at radius 3 is 1.90 bits per heavy atom. The summed E-state index contributed by atoms with van der Waals surface area (Å²) in [6.07, 6.45) is 40.9. The zero-order valence-electron chi connectivity index (χ0n) is 55.0. The van der Waals surface area contributed by atoms with Crippen molar-refractivity contribution in [3.63, 3.8) is 0 Å². The maximum absolute atomic E-state index is 5.49. The molecule has 8 aromatic carbocycles. The Labute approximate surface area is 556 Å². The molecular formula is C90H84N4. The molecule has 0 saturated carbocycles. The van der Waals surface area contributed by atoms with Gasteiger partial charge < -0.3 is 0 Å². The number of rotatable bonds is 22. The zero-order chi connectivity index (χ0) is 64.8. The maximum Gasteiger partial charge on any atom is 0.145 e. The van der Waals surface area contributed by atoms with Crippen molar-refractivity contribution in [2.45, 2.75) is 91.9 Å². The van der Waals surface area contributed by atoms with Gasteiger partial charge in [-0.15, -0.1) is 0 Å². The van der Waals surface area contributed by atoms with Gasteiger partial charge in [0.2, 0.25) is 0 Å². The minimum absolute atomic E-state index is 0.620. The minimum Gasteiger partial charge on any atom is -0.293 e. The SMILES string of the molecule is C=C/C=C\C(=C/C)c1cc(/C(C)=C/C)cc(\C2=c3/ccc(-c4ccc5c(c4)nc(C(=C)CCCCCC)n5-c4ccccc4)c/c3=C(C(=C\Cc3ccccc3)\C=C(/C=C)c3ccccc3)/C/C=C\C(c3ccc4c(c3)nc(C3=CCCC=C3)n4-c3ccccc3)=C/C2)c1. The second kappa shape index (κ2) is 30.2. The quantitative estimate of drug-likeness (QED) is 0.0501. The lowest BCUT2D eigenvalue weighted by molar-refractivity contribution is 0.677. The van der Waals surface area contributed by atoms with E-state index >= 15 is 0 Å². The summed E-state index contributed by atoms with van der Waals surface area (Å²) in [7, 11) is 0. The van der Waals surface area contributed by atoms with E-state index in [-0.39, 0.29) is 0 Å². The molecule has 2 heterocycles. The number of unbranched alkanes of at least 4 members (excludes halogenated alkanes) is 3. The molecule has 0 amide bonds. The van der Waals surface area contributed by atoms with Crippen molar-refractivity contribution >= 4 is 66.7 Å². The average molecular weight is 1220 g/mol. The van der Waals surface area contributed by atoms with Gasteiger partial charge in [-0.1, -0.05) is 246 Å². The lowest BCUT2D eigenvalue weighted by Gasteiger charge is -2.18. The van der Waals surface area contributed by atoms with Crippen LogP contribution in [0.15, 0.2) is 304 Å². The molecule has 0 spiro atoms. The maximum atomic E-state index is 5.49. The van der Waals surface area contributed by atoms with Crippen molar-refractivity contribution in [3.05, 3.63) is 360 Å². The van der Waals surface area contributed by atoms with Gasteiger partial charge in [-0.25, -0.2) is 9.97 Å². The van der Waals surface area contributed by atoms with E-state index in [4.69, 9.17) is 9.97 Å². The molecule has 2 aliphatic rings. The smallest absolute Gasteiger partial charge is 0.145 e. The molecule has 0 bridgehead atoms. The van der Waals surface area contributed by atoms with Crippen molar-refractivity contribution in [1.29, 1.82) is 0 Å². The van der Waals surface area contributed by atoms with Gasteiger partial charge in [0.05, 0.1) is 22.1 Å². The topological polar surface area (TPSA) is 35.6 Å². The predicted octanol–water partition coefficient (Wildman–Crippen LogP) is 22.5. The predicted molar refractivity (Wildman–Crippen MR) is 405 cm³/mol. The van der Waals surface area contributed by atoms with E-state index in [1.165, 1.54) is 52.3 Å². The lowest BCUT2D eigenvalue weighted by Crippen LogP contribution is -2.30. The summed E-state index contributed by atoms with van der Waals surface area (Å²) in [5.41, 5.74) is 25.5. The van der Waals surface area contributed by atoms with Gasteiger partial charge in [-0.05, 0) is 244 Å². The molecule has 4 nitrogen and oxygen atoms in total. The highest BCUT2D eigenvalue weighted by molar-refractivity contribution is 5.92. The standard InChI is InChI=1S/C90H84N4/c1-8-13-15-21-33-65(7)89-91-85-63-74(52-56-87(85)93(89)79-42-28-19-29-43-79)72-50-54-83-82(78-59-76(64(6)10-3)58-77(60-78)67(11-4)36-14-9-2)53-49-70(73-51-55-88-86(62-73)92-90(71-39-26-18-27-40-71)94(88)80-44-30-20-31-45-80)41-32-46-81(84(83)61-72)75(48-47-66-34-22-16-23-35-66)57-68(12-5)69-37-24-17-25-38-69/h9-12,14,16-17,19-20,22-26,28-32,34-45,48-52,54-63H,2,5,7-8,13,15,18,21,27,33,46-47,53H2,1,3-4,6H3/b36-14-,41-32-,64-10+,67-11+,68-57+,70-49+,75-48+,83-82+,84-81+. The van der Waals surface area contributed by atoms with Crippen LogP contribution in [-0.4, -0.2) is 19.1 Å². The van der Waals surface area contributed by atoms with Gasteiger partial charge in [0.25, 0.3) is 0 Å². The van der Waals surface area contributed by atoms with Crippen LogP contribution >= 0.6 is 0 Å². The third-order valence-corrected chi connectivity index (χ3v) is 18.3.